The molecule has 0 saturated carbocycles. The van der Waals surface area contributed by atoms with E-state index in [9.17, 15) is 18.0 Å². The van der Waals surface area contributed by atoms with Crippen molar-refractivity contribution in [2.75, 3.05) is 5.32 Å². The predicted octanol–water partition coefficient (Wildman–Crippen LogP) is 6.70. The molecule has 0 spiro atoms. The van der Waals surface area contributed by atoms with Crippen LogP contribution in [0.5, 0.6) is 5.75 Å². The molecule has 1 aromatic heterocycles. The number of rotatable bonds is 9. The van der Waals surface area contributed by atoms with Gasteiger partial charge in [-0.25, -0.2) is 4.98 Å². The van der Waals surface area contributed by atoms with Crippen LogP contribution in [0.3, 0.4) is 0 Å². The molecule has 4 aromatic rings. The minimum Gasteiger partial charge on any atom is -0.481 e. The van der Waals surface area contributed by atoms with Crippen molar-refractivity contribution in [2.24, 2.45) is 0 Å². The smallest absolute Gasteiger partial charge is 0.481 e. The number of benzene rings is 3. The summed E-state index contributed by atoms with van der Waals surface area (Å²) >= 11 is 0. The van der Waals surface area contributed by atoms with Gasteiger partial charge in [0.2, 0.25) is 5.95 Å². The first-order valence-corrected chi connectivity index (χ1v) is 11.1. The van der Waals surface area contributed by atoms with Gasteiger partial charge in [-0.15, -0.1) is 13.2 Å². The maximum absolute atomic E-state index is 12.5. The van der Waals surface area contributed by atoms with Crippen LogP contribution in [0.1, 0.15) is 36.9 Å². The lowest BCUT2D eigenvalue weighted by atomic mass is 10.0. The summed E-state index contributed by atoms with van der Waals surface area (Å²) in [4.78, 5) is 15.7. The maximum atomic E-state index is 12.5. The molecule has 0 bridgehead atoms. The number of carboxylic acids is 1. The van der Waals surface area contributed by atoms with E-state index in [1.807, 2.05) is 48.5 Å². The van der Waals surface area contributed by atoms with Crippen molar-refractivity contribution in [2.45, 2.75) is 38.6 Å². The molecular formula is C26H24F3N3O3. The summed E-state index contributed by atoms with van der Waals surface area (Å²) in [6, 6.07) is 21.1. The summed E-state index contributed by atoms with van der Waals surface area (Å²) < 4.78 is 43.5. The van der Waals surface area contributed by atoms with Gasteiger partial charge in [-0.3, -0.25) is 4.79 Å². The van der Waals surface area contributed by atoms with Crippen LogP contribution in [0.15, 0.2) is 72.8 Å². The molecule has 0 radical (unpaired) electrons. The van der Waals surface area contributed by atoms with Crippen LogP contribution in [0.2, 0.25) is 0 Å². The Morgan fingerprint density at radius 2 is 1.80 bits per heavy atom. The van der Waals surface area contributed by atoms with E-state index in [0.29, 0.717) is 23.6 Å². The van der Waals surface area contributed by atoms with Crippen molar-refractivity contribution in [1.82, 2.24) is 9.55 Å². The first kappa shape index (κ1) is 24.1. The quantitative estimate of drug-likeness (QED) is 0.277. The van der Waals surface area contributed by atoms with E-state index in [4.69, 9.17) is 10.1 Å². The molecule has 3 aromatic carbocycles. The zero-order valence-electron chi connectivity index (χ0n) is 18.9. The fraction of sp³-hybridized carbons (Fsp3) is 0.231. The summed E-state index contributed by atoms with van der Waals surface area (Å²) in [5, 5.41) is 12.2. The lowest BCUT2D eigenvalue weighted by Gasteiger charge is -2.21. The van der Waals surface area contributed by atoms with Crippen LogP contribution in [0, 0.1) is 0 Å². The monoisotopic (exact) mass is 483 g/mol. The lowest BCUT2D eigenvalue weighted by Crippen LogP contribution is -2.17. The van der Waals surface area contributed by atoms with Crippen LogP contribution in [0.25, 0.3) is 11.0 Å². The SMILES string of the molecule is CCC(c1ccccc1)n1c(Nc2ccc(OC(F)(F)F)cc2)nc2cc(CCC(=O)O)ccc21. The summed E-state index contributed by atoms with van der Waals surface area (Å²) in [6.45, 7) is 2.07. The number of aliphatic carboxylic acids is 1. The van der Waals surface area contributed by atoms with Crippen LogP contribution in [0.4, 0.5) is 24.8 Å². The van der Waals surface area contributed by atoms with E-state index in [1.165, 1.54) is 24.3 Å². The number of hydrogen-bond acceptors (Lipinski definition) is 4. The van der Waals surface area contributed by atoms with E-state index in [-0.39, 0.29) is 18.2 Å². The van der Waals surface area contributed by atoms with Gasteiger partial charge in [-0.05, 0) is 60.4 Å². The van der Waals surface area contributed by atoms with E-state index in [1.54, 1.807) is 0 Å². The maximum Gasteiger partial charge on any atom is 0.573 e. The van der Waals surface area contributed by atoms with Crippen LogP contribution in [-0.4, -0.2) is 27.0 Å². The van der Waals surface area contributed by atoms with Crippen LogP contribution in [-0.2, 0) is 11.2 Å². The van der Waals surface area contributed by atoms with Gasteiger partial charge in [-0.2, -0.15) is 0 Å². The standard InChI is InChI=1S/C26H24F3N3O3/c1-2-22(18-6-4-3-5-7-18)32-23-14-8-17(9-15-24(33)34)16-21(23)31-25(32)30-19-10-12-20(13-11-19)35-26(27,28)29/h3-8,10-14,16,22H,2,9,15H2,1H3,(H,30,31)(H,33,34). The van der Waals surface area contributed by atoms with Gasteiger partial charge in [0.25, 0.3) is 0 Å². The molecule has 9 heteroatoms. The molecule has 0 aliphatic carbocycles. The number of nitrogens with one attached hydrogen (secondary N) is 1. The zero-order chi connectivity index (χ0) is 25.0. The minimum absolute atomic E-state index is 0.0191. The Labute approximate surface area is 200 Å². The van der Waals surface area contributed by atoms with Gasteiger partial charge in [0.15, 0.2) is 0 Å². The van der Waals surface area contributed by atoms with Crippen LogP contribution >= 0.6 is 0 Å². The molecule has 6 nitrogen and oxygen atoms in total. The fourth-order valence-corrected chi connectivity index (χ4v) is 4.07. The second-order valence-corrected chi connectivity index (χ2v) is 8.05. The van der Waals surface area contributed by atoms with Crippen molar-refractivity contribution < 1.29 is 27.8 Å². The number of halogens is 3. The third kappa shape index (κ3) is 5.92. The molecule has 0 saturated heterocycles. The van der Waals surface area contributed by atoms with Gasteiger partial charge in [0.05, 0.1) is 17.1 Å². The second-order valence-electron chi connectivity index (χ2n) is 8.05. The Bertz CT molecular complexity index is 1300. The molecule has 0 aliphatic rings. The van der Waals surface area contributed by atoms with E-state index in [0.717, 1.165) is 23.1 Å². The number of nitrogens with zero attached hydrogens (tertiary/aromatic N) is 2. The number of aryl methyl sites for hydroxylation is 1. The van der Waals surface area contributed by atoms with Crippen molar-refractivity contribution >= 4 is 28.6 Å². The number of imidazole rings is 1. The molecule has 1 atom stereocenters. The Hall–Kier alpha value is -4.01. The molecule has 1 unspecified atom stereocenters. The second kappa shape index (κ2) is 10.1. The molecule has 0 fully saturated rings. The topological polar surface area (TPSA) is 76.4 Å². The first-order chi connectivity index (χ1) is 16.7. The molecule has 0 amide bonds. The fourth-order valence-electron chi connectivity index (χ4n) is 4.07. The molecule has 0 aliphatic heterocycles. The number of aromatic nitrogens is 2. The Morgan fingerprint density at radius 1 is 1.09 bits per heavy atom. The Kier molecular flexibility index (Phi) is 6.95. The zero-order valence-corrected chi connectivity index (χ0v) is 18.9. The molecule has 35 heavy (non-hydrogen) atoms. The average molecular weight is 483 g/mol. The average Bonchev–Trinajstić information content (AvgIpc) is 3.16. The summed E-state index contributed by atoms with van der Waals surface area (Å²) in [5.74, 6) is -0.656. The van der Waals surface area contributed by atoms with Gasteiger partial charge >= 0.3 is 12.3 Å². The largest absolute Gasteiger partial charge is 0.573 e. The molecule has 1 heterocycles. The molecule has 4 rings (SSSR count). The molecular weight excluding hydrogens is 459 g/mol. The minimum atomic E-state index is -4.76. The highest BCUT2D eigenvalue weighted by molar-refractivity contribution is 5.81. The van der Waals surface area contributed by atoms with Gasteiger partial charge in [0.1, 0.15) is 5.75 Å². The normalized spacial score (nSPS) is 12.5. The van der Waals surface area contributed by atoms with E-state index in [2.05, 4.69) is 21.5 Å². The van der Waals surface area contributed by atoms with Crippen molar-refractivity contribution in [3.05, 3.63) is 83.9 Å². The van der Waals surface area contributed by atoms with Crippen molar-refractivity contribution in [3.63, 3.8) is 0 Å². The number of ether oxygens (including phenoxy) is 1. The highest BCUT2D eigenvalue weighted by atomic mass is 19.4. The summed E-state index contributed by atoms with van der Waals surface area (Å²) in [6.07, 6.45) is -3.59. The lowest BCUT2D eigenvalue weighted by molar-refractivity contribution is -0.274. The van der Waals surface area contributed by atoms with Gasteiger partial charge < -0.3 is 19.7 Å². The van der Waals surface area contributed by atoms with Gasteiger partial charge in [0, 0.05) is 12.1 Å². The van der Waals surface area contributed by atoms with Crippen LogP contribution < -0.4 is 10.1 Å². The van der Waals surface area contributed by atoms with E-state index >= 15 is 0 Å². The molecule has 2 N–H and O–H groups in total. The number of fused-ring (bicyclic) bond motifs is 1. The molecule has 182 valence electrons. The number of hydrogen-bond donors (Lipinski definition) is 2. The highest BCUT2D eigenvalue weighted by Gasteiger charge is 2.31. The van der Waals surface area contributed by atoms with E-state index < -0.39 is 12.3 Å². The Morgan fingerprint density at radius 3 is 2.43 bits per heavy atom. The first-order valence-electron chi connectivity index (χ1n) is 11.1. The van der Waals surface area contributed by atoms with Crippen molar-refractivity contribution in [3.8, 4) is 5.75 Å². The number of carbonyl (C=O) groups is 1. The Balaban J connectivity index is 1.74. The van der Waals surface area contributed by atoms with Gasteiger partial charge in [-0.1, -0.05) is 43.3 Å². The predicted molar refractivity (Wildman–Crippen MR) is 127 cm³/mol. The third-order valence-corrected chi connectivity index (χ3v) is 5.61. The number of anilines is 2. The summed E-state index contributed by atoms with van der Waals surface area (Å²) in [5.41, 5.74) is 4.05. The third-order valence-electron chi connectivity index (χ3n) is 5.61. The number of carboxylic acid groups (broad SMARTS) is 1. The summed E-state index contributed by atoms with van der Waals surface area (Å²) in [7, 11) is 0. The highest BCUT2D eigenvalue weighted by Crippen LogP contribution is 2.33. The number of alkyl halides is 3. The van der Waals surface area contributed by atoms with Crippen molar-refractivity contribution in [1.29, 1.82) is 0 Å².